The molecule has 0 saturated heterocycles. The second kappa shape index (κ2) is 7.34. The highest BCUT2D eigenvalue weighted by atomic mass is 16.1. The highest BCUT2D eigenvalue weighted by Gasteiger charge is 2.22. The van der Waals surface area contributed by atoms with E-state index in [9.17, 15) is 4.79 Å². The second-order valence-corrected chi connectivity index (χ2v) is 6.29. The number of nitrogens with zero attached hydrogens (tertiary/aromatic N) is 3. The van der Waals surface area contributed by atoms with Crippen LogP contribution < -0.4 is 5.32 Å². The number of aromatic amines is 1. The van der Waals surface area contributed by atoms with Gasteiger partial charge in [-0.25, -0.2) is 4.98 Å². The number of fused-ring (bicyclic) bond motifs is 1. The molecule has 6 nitrogen and oxygen atoms in total. The monoisotopic (exact) mass is 337 g/mol. The summed E-state index contributed by atoms with van der Waals surface area (Å²) >= 11 is 0. The van der Waals surface area contributed by atoms with Crippen LogP contribution in [0.15, 0.2) is 42.7 Å². The first-order valence-corrected chi connectivity index (χ1v) is 8.48. The summed E-state index contributed by atoms with van der Waals surface area (Å²) in [4.78, 5) is 20.4. The minimum atomic E-state index is -0.163. The quantitative estimate of drug-likeness (QED) is 0.678. The van der Waals surface area contributed by atoms with Crippen molar-refractivity contribution in [1.29, 1.82) is 0 Å². The first-order chi connectivity index (χ1) is 12.1. The largest absolute Gasteiger partial charge is 0.342 e. The lowest BCUT2D eigenvalue weighted by Gasteiger charge is -2.21. The minimum Gasteiger partial charge on any atom is -0.342 e. The SMILES string of the molecule is CCC(C)C(NC(=O)/C=C\c1cnn(C)c1)c1nc2ccccc2[nH]1. The molecule has 2 aromatic heterocycles. The summed E-state index contributed by atoms with van der Waals surface area (Å²) < 4.78 is 1.70. The Labute approximate surface area is 147 Å². The number of carbonyl (C=O) groups excluding carboxylic acids is 1. The summed E-state index contributed by atoms with van der Waals surface area (Å²) in [5.41, 5.74) is 2.78. The van der Waals surface area contributed by atoms with Crippen LogP contribution in [0.1, 0.15) is 37.7 Å². The molecule has 0 aliphatic heterocycles. The Balaban J connectivity index is 1.78. The lowest BCUT2D eigenvalue weighted by Crippen LogP contribution is -2.32. The molecule has 3 rings (SSSR count). The fraction of sp³-hybridized carbons (Fsp3) is 0.316. The van der Waals surface area contributed by atoms with Gasteiger partial charge in [-0.15, -0.1) is 0 Å². The first kappa shape index (κ1) is 17.0. The van der Waals surface area contributed by atoms with Crippen LogP contribution in [-0.2, 0) is 11.8 Å². The van der Waals surface area contributed by atoms with Crippen molar-refractivity contribution in [3.05, 3.63) is 54.1 Å². The van der Waals surface area contributed by atoms with Crippen molar-refractivity contribution in [2.75, 3.05) is 0 Å². The van der Waals surface area contributed by atoms with Crippen LogP contribution in [0.3, 0.4) is 0 Å². The van der Waals surface area contributed by atoms with E-state index < -0.39 is 0 Å². The molecule has 0 aliphatic rings. The van der Waals surface area contributed by atoms with E-state index in [-0.39, 0.29) is 17.9 Å². The Morgan fingerprint density at radius 3 is 2.88 bits per heavy atom. The van der Waals surface area contributed by atoms with Crippen molar-refractivity contribution < 1.29 is 4.79 Å². The van der Waals surface area contributed by atoms with E-state index in [0.29, 0.717) is 0 Å². The number of carbonyl (C=O) groups is 1. The van der Waals surface area contributed by atoms with Gasteiger partial charge >= 0.3 is 0 Å². The molecule has 6 heteroatoms. The van der Waals surface area contributed by atoms with E-state index in [4.69, 9.17) is 0 Å². The molecule has 2 heterocycles. The Bertz CT molecular complexity index is 859. The fourth-order valence-corrected chi connectivity index (χ4v) is 2.74. The van der Waals surface area contributed by atoms with E-state index in [0.717, 1.165) is 28.8 Å². The number of amides is 1. The average molecular weight is 337 g/mol. The molecule has 130 valence electrons. The number of hydrogen-bond acceptors (Lipinski definition) is 3. The molecule has 2 atom stereocenters. The van der Waals surface area contributed by atoms with Gasteiger partial charge in [-0.2, -0.15) is 5.10 Å². The summed E-state index contributed by atoms with van der Waals surface area (Å²) in [5.74, 6) is 0.907. The Kier molecular flexibility index (Phi) is 4.97. The smallest absolute Gasteiger partial charge is 0.244 e. The zero-order valence-corrected chi connectivity index (χ0v) is 14.7. The molecule has 0 saturated carbocycles. The van der Waals surface area contributed by atoms with Gasteiger partial charge in [0.2, 0.25) is 5.91 Å². The van der Waals surface area contributed by atoms with Crippen LogP contribution in [0, 0.1) is 5.92 Å². The number of H-pyrrole nitrogens is 1. The van der Waals surface area contributed by atoms with E-state index in [1.807, 2.05) is 37.5 Å². The fourth-order valence-electron chi connectivity index (χ4n) is 2.74. The lowest BCUT2D eigenvalue weighted by atomic mass is 9.98. The summed E-state index contributed by atoms with van der Waals surface area (Å²) in [6.45, 7) is 4.22. The number of nitrogens with one attached hydrogen (secondary N) is 2. The maximum atomic E-state index is 12.4. The Morgan fingerprint density at radius 2 is 2.20 bits per heavy atom. The zero-order chi connectivity index (χ0) is 17.8. The molecule has 0 bridgehead atoms. The average Bonchev–Trinajstić information content (AvgIpc) is 3.22. The second-order valence-electron chi connectivity index (χ2n) is 6.29. The predicted molar refractivity (Wildman–Crippen MR) is 98.7 cm³/mol. The van der Waals surface area contributed by atoms with Crippen molar-refractivity contribution in [2.45, 2.75) is 26.3 Å². The third-order valence-corrected chi connectivity index (χ3v) is 4.37. The minimum absolute atomic E-state index is 0.144. The van der Waals surface area contributed by atoms with Crippen molar-refractivity contribution in [3.8, 4) is 0 Å². The van der Waals surface area contributed by atoms with E-state index in [1.165, 1.54) is 6.08 Å². The Morgan fingerprint density at radius 1 is 1.40 bits per heavy atom. The topological polar surface area (TPSA) is 75.6 Å². The summed E-state index contributed by atoms with van der Waals surface area (Å²) in [7, 11) is 1.85. The van der Waals surface area contributed by atoms with Gasteiger partial charge in [0.15, 0.2) is 0 Å². The van der Waals surface area contributed by atoms with E-state index in [2.05, 4.69) is 34.2 Å². The molecule has 25 heavy (non-hydrogen) atoms. The van der Waals surface area contributed by atoms with Crippen molar-refractivity contribution in [3.63, 3.8) is 0 Å². The van der Waals surface area contributed by atoms with Crippen LogP contribution in [0.4, 0.5) is 0 Å². The highest BCUT2D eigenvalue weighted by molar-refractivity contribution is 5.92. The number of para-hydroxylation sites is 2. The summed E-state index contributed by atoms with van der Waals surface area (Å²) in [6, 6.07) is 7.72. The van der Waals surface area contributed by atoms with E-state index >= 15 is 0 Å². The van der Waals surface area contributed by atoms with Gasteiger partial charge < -0.3 is 10.3 Å². The predicted octanol–water partition coefficient (Wildman–Crippen LogP) is 3.21. The number of rotatable bonds is 6. The zero-order valence-electron chi connectivity index (χ0n) is 14.7. The van der Waals surface area contributed by atoms with Crippen LogP contribution in [0.25, 0.3) is 17.1 Å². The van der Waals surface area contributed by atoms with Crippen LogP contribution in [0.2, 0.25) is 0 Å². The van der Waals surface area contributed by atoms with Gasteiger partial charge in [-0.1, -0.05) is 32.4 Å². The Hall–Kier alpha value is -2.89. The van der Waals surface area contributed by atoms with Gasteiger partial charge in [-0.3, -0.25) is 9.48 Å². The van der Waals surface area contributed by atoms with Gasteiger partial charge in [0.05, 0.1) is 23.3 Å². The molecule has 1 aromatic carbocycles. The van der Waals surface area contributed by atoms with Crippen LogP contribution >= 0.6 is 0 Å². The van der Waals surface area contributed by atoms with Gasteiger partial charge in [-0.05, 0) is 24.1 Å². The summed E-state index contributed by atoms with van der Waals surface area (Å²) in [5, 5.41) is 7.16. The number of aryl methyl sites for hydroxylation is 1. The van der Waals surface area contributed by atoms with Crippen molar-refractivity contribution >= 4 is 23.0 Å². The lowest BCUT2D eigenvalue weighted by molar-refractivity contribution is -0.117. The van der Waals surface area contributed by atoms with Gasteiger partial charge in [0, 0.05) is 24.9 Å². The molecular formula is C19H23N5O. The molecule has 0 spiro atoms. The van der Waals surface area contributed by atoms with Crippen LogP contribution in [0.5, 0.6) is 0 Å². The molecule has 1 amide bonds. The number of hydrogen-bond donors (Lipinski definition) is 2. The molecule has 2 unspecified atom stereocenters. The normalized spacial score (nSPS) is 14.0. The standard InChI is InChI=1S/C19H23N5O/c1-4-13(2)18(19-21-15-7-5-6-8-16(15)22-19)23-17(25)10-9-14-11-20-24(3)12-14/h5-13,18H,4H2,1-3H3,(H,21,22)(H,23,25)/b10-9-. The third-order valence-electron chi connectivity index (χ3n) is 4.37. The summed E-state index contributed by atoms with van der Waals surface area (Å²) in [6.07, 6.45) is 7.81. The van der Waals surface area contributed by atoms with Crippen LogP contribution in [-0.4, -0.2) is 25.7 Å². The molecular weight excluding hydrogens is 314 g/mol. The highest BCUT2D eigenvalue weighted by Crippen LogP contribution is 2.24. The first-order valence-electron chi connectivity index (χ1n) is 8.48. The molecule has 0 aliphatic carbocycles. The number of benzene rings is 1. The maximum Gasteiger partial charge on any atom is 0.244 e. The molecule has 0 fully saturated rings. The number of aromatic nitrogens is 4. The third kappa shape index (κ3) is 3.96. The molecule has 2 N–H and O–H groups in total. The maximum absolute atomic E-state index is 12.4. The van der Waals surface area contributed by atoms with Crippen molar-refractivity contribution in [1.82, 2.24) is 25.1 Å². The van der Waals surface area contributed by atoms with Gasteiger partial charge in [0.25, 0.3) is 0 Å². The van der Waals surface area contributed by atoms with Gasteiger partial charge in [0.1, 0.15) is 5.82 Å². The molecule has 0 radical (unpaired) electrons. The number of imidazole rings is 1. The van der Waals surface area contributed by atoms with E-state index in [1.54, 1.807) is 17.0 Å². The molecule has 3 aromatic rings. The van der Waals surface area contributed by atoms with Crippen molar-refractivity contribution in [2.24, 2.45) is 13.0 Å².